The van der Waals surface area contributed by atoms with Crippen LogP contribution in [-0.2, 0) is 16.6 Å². The van der Waals surface area contributed by atoms with Crippen LogP contribution in [0.4, 0.5) is 40.2 Å². The molecule has 17 heteroatoms. The SMILES string of the molecule is COc1ccc(CN(c2ncc(F)s2)S(=O)(=O)c2cc(Cl)c(Nc3ccc(F)cc3N(C)CCN(C)C(=O)O)cc2F)c(OC)c1. The Hall–Kier alpha value is -4.41. The number of rotatable bonds is 13. The van der Waals surface area contributed by atoms with Crippen LogP contribution in [-0.4, -0.2) is 70.9 Å². The molecule has 0 aliphatic rings. The standard InChI is InChI=1S/C29H29ClF3N5O6S2/c1-36(9-10-37(2)29(39)40)24-11-18(31)6-8-22(24)35-23-14-21(32)26(13-20(23)30)46(41,42)38(28-34-15-27(33)45-28)16-17-5-7-19(43-3)12-25(17)44-4/h5-8,11-15,35H,9-10,16H2,1-4H3,(H,39,40). The second-order valence-electron chi connectivity index (χ2n) is 9.81. The van der Waals surface area contributed by atoms with Crippen molar-refractivity contribution in [1.82, 2.24) is 9.88 Å². The first-order chi connectivity index (χ1) is 21.7. The predicted octanol–water partition coefficient (Wildman–Crippen LogP) is 6.42. The Bertz CT molecular complexity index is 1850. The van der Waals surface area contributed by atoms with Crippen LogP contribution >= 0.6 is 22.9 Å². The second-order valence-corrected chi connectivity index (χ2v) is 13.0. The Morgan fingerprint density at radius 1 is 1.02 bits per heavy atom. The zero-order valence-corrected chi connectivity index (χ0v) is 27.3. The number of hydrogen-bond donors (Lipinski definition) is 2. The van der Waals surface area contributed by atoms with Gasteiger partial charge >= 0.3 is 6.09 Å². The number of amides is 1. The molecule has 1 aromatic heterocycles. The third kappa shape index (κ3) is 7.68. The molecule has 246 valence electrons. The number of ether oxygens (including phenoxy) is 2. The maximum absolute atomic E-state index is 15.7. The summed E-state index contributed by atoms with van der Waals surface area (Å²) in [6.45, 7) is -0.111. The maximum atomic E-state index is 15.7. The number of hydrogen-bond acceptors (Lipinski definition) is 9. The van der Waals surface area contributed by atoms with Gasteiger partial charge in [0.2, 0.25) is 5.13 Å². The predicted molar refractivity (Wildman–Crippen MR) is 170 cm³/mol. The van der Waals surface area contributed by atoms with Crippen molar-refractivity contribution in [3.8, 4) is 11.5 Å². The van der Waals surface area contributed by atoms with Gasteiger partial charge in [-0.25, -0.2) is 31.3 Å². The minimum absolute atomic E-state index is 0.0364. The number of aromatic nitrogens is 1. The fourth-order valence-electron chi connectivity index (χ4n) is 4.28. The molecular weight excluding hydrogens is 671 g/mol. The molecule has 0 radical (unpaired) electrons. The van der Waals surface area contributed by atoms with E-state index in [0.29, 0.717) is 28.3 Å². The normalized spacial score (nSPS) is 11.2. The van der Waals surface area contributed by atoms with Crippen molar-refractivity contribution in [3.63, 3.8) is 0 Å². The molecule has 1 heterocycles. The highest BCUT2D eigenvalue weighted by molar-refractivity contribution is 7.93. The van der Waals surface area contributed by atoms with Crippen LogP contribution in [0.5, 0.6) is 11.5 Å². The van der Waals surface area contributed by atoms with Gasteiger partial charge in [-0.3, -0.25) is 0 Å². The third-order valence-electron chi connectivity index (χ3n) is 6.81. The van der Waals surface area contributed by atoms with Gasteiger partial charge in [0.25, 0.3) is 10.0 Å². The smallest absolute Gasteiger partial charge is 0.407 e. The molecule has 4 rings (SSSR count). The van der Waals surface area contributed by atoms with Crippen molar-refractivity contribution in [1.29, 1.82) is 0 Å². The van der Waals surface area contributed by atoms with Crippen LogP contribution in [0, 0.1) is 16.8 Å². The van der Waals surface area contributed by atoms with Gasteiger partial charge in [0, 0.05) is 44.9 Å². The van der Waals surface area contributed by atoms with E-state index < -0.39 is 44.3 Å². The lowest BCUT2D eigenvalue weighted by Crippen LogP contribution is -2.34. The third-order valence-corrected chi connectivity index (χ3v) is 9.80. The summed E-state index contributed by atoms with van der Waals surface area (Å²) >= 11 is 6.93. The number of benzene rings is 3. The highest BCUT2D eigenvalue weighted by Gasteiger charge is 2.32. The van der Waals surface area contributed by atoms with Gasteiger partial charge in [-0.1, -0.05) is 22.9 Å². The minimum atomic E-state index is -4.74. The molecule has 0 atom stereocenters. The Labute approximate surface area is 272 Å². The van der Waals surface area contributed by atoms with Gasteiger partial charge in [0.1, 0.15) is 28.0 Å². The number of nitrogens with zero attached hydrogens (tertiary/aromatic N) is 4. The number of nitrogens with one attached hydrogen (secondary N) is 1. The lowest BCUT2D eigenvalue weighted by atomic mass is 10.2. The van der Waals surface area contributed by atoms with Crippen LogP contribution in [0.25, 0.3) is 0 Å². The van der Waals surface area contributed by atoms with Gasteiger partial charge in [0.05, 0.1) is 49.0 Å². The van der Waals surface area contributed by atoms with Crippen molar-refractivity contribution in [2.45, 2.75) is 11.4 Å². The summed E-state index contributed by atoms with van der Waals surface area (Å²) in [5.74, 6) is -1.05. The Morgan fingerprint density at radius 2 is 1.76 bits per heavy atom. The van der Waals surface area contributed by atoms with Gasteiger partial charge in [-0.2, -0.15) is 4.39 Å². The number of sulfonamides is 1. The van der Waals surface area contributed by atoms with E-state index in [4.69, 9.17) is 26.2 Å². The van der Waals surface area contributed by atoms with Crippen molar-refractivity contribution >= 4 is 61.2 Å². The van der Waals surface area contributed by atoms with Crippen molar-refractivity contribution < 1.29 is 41.0 Å². The molecule has 4 aromatic rings. The van der Waals surface area contributed by atoms with E-state index >= 15 is 4.39 Å². The van der Waals surface area contributed by atoms with Gasteiger partial charge in [-0.15, -0.1) is 0 Å². The zero-order chi connectivity index (χ0) is 33.8. The average Bonchev–Trinajstić information content (AvgIpc) is 3.45. The molecule has 3 aromatic carbocycles. The highest BCUT2D eigenvalue weighted by Crippen LogP contribution is 2.38. The van der Waals surface area contributed by atoms with E-state index in [0.717, 1.165) is 33.6 Å². The van der Waals surface area contributed by atoms with Crippen molar-refractivity contribution in [3.05, 3.63) is 82.1 Å². The van der Waals surface area contributed by atoms with E-state index in [1.165, 1.54) is 39.5 Å². The summed E-state index contributed by atoms with van der Waals surface area (Å²) in [6, 6.07) is 10.2. The summed E-state index contributed by atoms with van der Waals surface area (Å²) in [7, 11) is 1.09. The van der Waals surface area contributed by atoms with Gasteiger partial charge in [-0.05, 0) is 36.4 Å². The number of anilines is 4. The van der Waals surface area contributed by atoms with E-state index in [1.807, 2.05) is 0 Å². The fourth-order valence-corrected chi connectivity index (χ4v) is 6.89. The maximum Gasteiger partial charge on any atom is 0.407 e. The largest absolute Gasteiger partial charge is 0.497 e. The van der Waals surface area contributed by atoms with E-state index in [1.54, 1.807) is 24.1 Å². The number of methoxy groups -OCH3 is 2. The van der Waals surface area contributed by atoms with Crippen LogP contribution in [0.1, 0.15) is 5.56 Å². The molecule has 11 nitrogen and oxygen atoms in total. The summed E-state index contributed by atoms with van der Waals surface area (Å²) in [4.78, 5) is 16.9. The monoisotopic (exact) mass is 699 g/mol. The van der Waals surface area contributed by atoms with Crippen molar-refractivity contribution in [2.24, 2.45) is 0 Å². The second kappa shape index (κ2) is 14.3. The Morgan fingerprint density at radius 3 is 2.39 bits per heavy atom. The molecule has 0 unspecified atom stereocenters. The van der Waals surface area contributed by atoms with E-state index in [9.17, 15) is 22.0 Å². The number of likely N-dealkylation sites (N-methyl/N-ethyl adjacent to an activating group) is 2. The first-order valence-corrected chi connectivity index (χ1v) is 15.9. The lowest BCUT2D eigenvalue weighted by Gasteiger charge is -2.25. The highest BCUT2D eigenvalue weighted by atomic mass is 35.5. The van der Waals surface area contributed by atoms with Crippen LogP contribution in [0.15, 0.2) is 59.6 Å². The van der Waals surface area contributed by atoms with Crippen LogP contribution < -0.4 is 24.0 Å². The topological polar surface area (TPSA) is 125 Å². The Balaban J connectivity index is 1.70. The number of thiazole rings is 1. The summed E-state index contributed by atoms with van der Waals surface area (Å²) < 4.78 is 83.2. The quantitative estimate of drug-likeness (QED) is 0.163. The molecule has 0 saturated heterocycles. The molecule has 46 heavy (non-hydrogen) atoms. The lowest BCUT2D eigenvalue weighted by molar-refractivity contribution is 0.157. The molecule has 0 aliphatic carbocycles. The first kappa shape index (κ1) is 34.5. The zero-order valence-electron chi connectivity index (χ0n) is 24.9. The summed E-state index contributed by atoms with van der Waals surface area (Å²) in [5, 5.41) is 10.8. The van der Waals surface area contributed by atoms with E-state index in [-0.39, 0.29) is 40.4 Å². The van der Waals surface area contributed by atoms with Crippen LogP contribution in [0.2, 0.25) is 5.02 Å². The minimum Gasteiger partial charge on any atom is -0.497 e. The van der Waals surface area contributed by atoms with Gasteiger partial charge in [0.15, 0.2) is 5.13 Å². The number of carbonyl (C=O) groups is 1. The van der Waals surface area contributed by atoms with Crippen LogP contribution in [0.3, 0.4) is 0 Å². The molecule has 2 N–H and O–H groups in total. The van der Waals surface area contributed by atoms with Crippen molar-refractivity contribution in [2.75, 3.05) is 55.9 Å². The first-order valence-electron chi connectivity index (χ1n) is 13.3. The molecule has 0 fully saturated rings. The number of halogens is 4. The summed E-state index contributed by atoms with van der Waals surface area (Å²) in [6.07, 6.45) is -0.286. The van der Waals surface area contributed by atoms with E-state index in [2.05, 4.69) is 10.3 Å². The molecule has 0 saturated carbocycles. The average molecular weight is 700 g/mol. The molecule has 0 spiro atoms. The Kier molecular flexibility index (Phi) is 10.7. The van der Waals surface area contributed by atoms with Gasteiger partial charge < -0.3 is 29.7 Å². The molecule has 0 bridgehead atoms. The molecular formula is C29H29ClF3N5O6S2. The number of carboxylic acid groups (broad SMARTS) is 1. The molecule has 1 amide bonds. The fraction of sp³-hybridized carbons (Fsp3) is 0.241. The summed E-state index contributed by atoms with van der Waals surface area (Å²) in [5.41, 5.74) is 0.906. The molecule has 0 aliphatic heterocycles.